The largest absolute Gasteiger partial charge is 0.480 e. The molecule has 0 radical (unpaired) electrons. The molecule has 2 N–H and O–H groups in total. The summed E-state index contributed by atoms with van der Waals surface area (Å²) in [4.78, 5) is 11.0. The van der Waals surface area contributed by atoms with Crippen LogP contribution >= 0.6 is 0 Å². The Morgan fingerprint density at radius 2 is 2.00 bits per heavy atom. The number of hydrogen-bond acceptors (Lipinski definition) is 2. The Morgan fingerprint density at radius 3 is 2.43 bits per heavy atom. The topological polar surface area (TPSA) is 49.3 Å². The first-order valence-electron chi connectivity index (χ1n) is 5.58. The predicted octanol–water partition coefficient (Wildman–Crippen LogP) is 2.02. The number of carboxylic acid groups (broad SMARTS) is 1. The predicted molar refractivity (Wildman–Crippen MR) is 56.3 cm³/mol. The van der Waals surface area contributed by atoms with E-state index in [0.29, 0.717) is 12.0 Å². The highest BCUT2D eigenvalue weighted by Gasteiger charge is 2.24. The first-order valence-corrected chi connectivity index (χ1v) is 5.58. The number of carboxylic acids is 1. The molecule has 1 rings (SSSR count). The van der Waals surface area contributed by atoms with Crippen molar-refractivity contribution >= 4 is 5.97 Å². The Kier molecular flexibility index (Phi) is 4.39. The molecule has 1 aliphatic carbocycles. The second-order valence-electron chi connectivity index (χ2n) is 4.67. The summed E-state index contributed by atoms with van der Waals surface area (Å²) in [6.07, 6.45) is 5.49. The molecule has 0 spiro atoms. The molecule has 0 aliphatic heterocycles. The summed E-state index contributed by atoms with van der Waals surface area (Å²) in [5, 5.41) is 12.3. The van der Waals surface area contributed by atoms with Gasteiger partial charge in [0.15, 0.2) is 0 Å². The van der Waals surface area contributed by atoms with Crippen molar-refractivity contribution < 1.29 is 9.90 Å². The van der Waals surface area contributed by atoms with Gasteiger partial charge in [0.1, 0.15) is 6.04 Å². The lowest BCUT2D eigenvalue weighted by Crippen LogP contribution is -2.42. The number of carbonyl (C=O) groups is 1. The molecule has 0 heterocycles. The Labute approximate surface area is 85.9 Å². The van der Waals surface area contributed by atoms with Crippen LogP contribution in [0.1, 0.15) is 46.0 Å². The van der Waals surface area contributed by atoms with Crippen molar-refractivity contribution in [3.63, 3.8) is 0 Å². The number of nitrogens with one attached hydrogen (secondary N) is 1. The van der Waals surface area contributed by atoms with Gasteiger partial charge in [-0.1, -0.05) is 26.7 Å². The Bertz CT molecular complexity index is 186. The van der Waals surface area contributed by atoms with Crippen LogP contribution in [0.4, 0.5) is 0 Å². The summed E-state index contributed by atoms with van der Waals surface area (Å²) in [5.74, 6) is -0.268. The summed E-state index contributed by atoms with van der Waals surface area (Å²) >= 11 is 0. The van der Waals surface area contributed by atoms with Crippen molar-refractivity contribution in [3.8, 4) is 0 Å². The van der Waals surface area contributed by atoms with E-state index in [1.54, 1.807) is 0 Å². The van der Waals surface area contributed by atoms with Gasteiger partial charge >= 0.3 is 5.97 Å². The van der Waals surface area contributed by atoms with E-state index < -0.39 is 5.97 Å². The third-order valence-electron chi connectivity index (χ3n) is 2.80. The van der Waals surface area contributed by atoms with E-state index in [2.05, 4.69) is 19.2 Å². The molecule has 1 aliphatic rings. The van der Waals surface area contributed by atoms with Crippen LogP contribution in [-0.4, -0.2) is 23.2 Å². The number of rotatable bonds is 5. The van der Waals surface area contributed by atoms with Crippen LogP contribution in [0, 0.1) is 5.92 Å². The highest BCUT2D eigenvalue weighted by atomic mass is 16.4. The lowest BCUT2D eigenvalue weighted by Gasteiger charge is -2.20. The summed E-state index contributed by atoms with van der Waals surface area (Å²) < 4.78 is 0. The molecule has 3 heteroatoms. The zero-order chi connectivity index (χ0) is 10.6. The first kappa shape index (κ1) is 11.5. The third kappa shape index (κ3) is 3.66. The van der Waals surface area contributed by atoms with E-state index >= 15 is 0 Å². The van der Waals surface area contributed by atoms with E-state index in [1.807, 2.05) is 0 Å². The summed E-state index contributed by atoms with van der Waals surface area (Å²) in [6, 6.07) is 0.0907. The summed E-state index contributed by atoms with van der Waals surface area (Å²) in [5.41, 5.74) is 0. The smallest absolute Gasteiger partial charge is 0.320 e. The van der Waals surface area contributed by atoms with Crippen LogP contribution in [0.15, 0.2) is 0 Å². The fraction of sp³-hybridized carbons (Fsp3) is 0.909. The lowest BCUT2D eigenvalue weighted by molar-refractivity contribution is -0.140. The van der Waals surface area contributed by atoms with E-state index in [-0.39, 0.29) is 6.04 Å². The van der Waals surface area contributed by atoms with Gasteiger partial charge in [-0.05, 0) is 25.2 Å². The third-order valence-corrected chi connectivity index (χ3v) is 2.80. The van der Waals surface area contributed by atoms with Crippen molar-refractivity contribution in [2.24, 2.45) is 5.92 Å². The molecule has 1 saturated carbocycles. The van der Waals surface area contributed by atoms with Gasteiger partial charge in [-0.3, -0.25) is 4.79 Å². The van der Waals surface area contributed by atoms with Crippen molar-refractivity contribution in [2.45, 2.75) is 58.0 Å². The van der Waals surface area contributed by atoms with E-state index in [4.69, 9.17) is 5.11 Å². The lowest BCUT2D eigenvalue weighted by atomic mass is 10.0. The summed E-state index contributed by atoms with van der Waals surface area (Å²) in [6.45, 7) is 4.12. The van der Waals surface area contributed by atoms with E-state index in [1.165, 1.54) is 12.8 Å². The van der Waals surface area contributed by atoms with Crippen molar-refractivity contribution in [2.75, 3.05) is 0 Å². The van der Waals surface area contributed by atoms with Crippen LogP contribution in [0.5, 0.6) is 0 Å². The minimum Gasteiger partial charge on any atom is -0.480 e. The average molecular weight is 199 g/mol. The molecule has 1 unspecified atom stereocenters. The second kappa shape index (κ2) is 5.35. The van der Waals surface area contributed by atoms with Gasteiger partial charge in [0.2, 0.25) is 0 Å². The van der Waals surface area contributed by atoms with Gasteiger partial charge < -0.3 is 10.4 Å². The maximum atomic E-state index is 11.0. The molecular weight excluding hydrogens is 178 g/mol. The van der Waals surface area contributed by atoms with Gasteiger partial charge in [-0.2, -0.15) is 0 Å². The normalized spacial score (nSPS) is 20.2. The molecule has 1 fully saturated rings. The van der Waals surface area contributed by atoms with Gasteiger partial charge in [0.25, 0.3) is 0 Å². The van der Waals surface area contributed by atoms with Crippen molar-refractivity contribution in [1.82, 2.24) is 5.32 Å². The molecule has 0 aromatic heterocycles. The molecule has 0 amide bonds. The van der Waals surface area contributed by atoms with Crippen LogP contribution in [0.2, 0.25) is 0 Å². The molecular formula is C11H21NO2. The molecule has 0 saturated heterocycles. The van der Waals surface area contributed by atoms with Crippen LogP contribution in [0.25, 0.3) is 0 Å². The minimum absolute atomic E-state index is 0.349. The van der Waals surface area contributed by atoms with Gasteiger partial charge in [-0.25, -0.2) is 0 Å². The van der Waals surface area contributed by atoms with Crippen LogP contribution in [-0.2, 0) is 4.79 Å². The average Bonchev–Trinajstić information content (AvgIpc) is 2.54. The van der Waals surface area contributed by atoms with Crippen molar-refractivity contribution in [3.05, 3.63) is 0 Å². The molecule has 0 aromatic carbocycles. The van der Waals surface area contributed by atoms with E-state index in [9.17, 15) is 4.79 Å². The monoisotopic (exact) mass is 199 g/mol. The van der Waals surface area contributed by atoms with Crippen LogP contribution in [0.3, 0.4) is 0 Å². The molecule has 0 aromatic rings. The molecule has 14 heavy (non-hydrogen) atoms. The van der Waals surface area contributed by atoms with E-state index in [0.717, 1.165) is 19.3 Å². The van der Waals surface area contributed by atoms with Gasteiger partial charge in [-0.15, -0.1) is 0 Å². The highest BCUT2D eigenvalue weighted by molar-refractivity contribution is 5.73. The number of aliphatic carboxylic acids is 1. The minimum atomic E-state index is -0.703. The Morgan fingerprint density at radius 1 is 1.43 bits per heavy atom. The van der Waals surface area contributed by atoms with Crippen molar-refractivity contribution in [1.29, 1.82) is 0 Å². The Hall–Kier alpha value is -0.570. The first-order chi connectivity index (χ1) is 6.59. The quantitative estimate of drug-likeness (QED) is 0.712. The maximum absolute atomic E-state index is 11.0. The fourth-order valence-corrected chi connectivity index (χ4v) is 2.09. The second-order valence-corrected chi connectivity index (χ2v) is 4.67. The SMILES string of the molecule is CC(C)CC(NC1CCCC1)C(=O)O. The molecule has 1 atom stereocenters. The molecule has 82 valence electrons. The van der Waals surface area contributed by atoms with Gasteiger partial charge in [0, 0.05) is 6.04 Å². The van der Waals surface area contributed by atoms with Gasteiger partial charge in [0.05, 0.1) is 0 Å². The summed E-state index contributed by atoms with van der Waals surface area (Å²) in [7, 11) is 0. The zero-order valence-electron chi connectivity index (χ0n) is 9.12. The Balaban J connectivity index is 2.37. The molecule has 3 nitrogen and oxygen atoms in total. The fourth-order valence-electron chi connectivity index (χ4n) is 2.09. The zero-order valence-corrected chi connectivity index (χ0v) is 9.12. The molecule has 0 bridgehead atoms. The number of hydrogen-bond donors (Lipinski definition) is 2. The maximum Gasteiger partial charge on any atom is 0.320 e. The van der Waals surface area contributed by atoms with Crippen LogP contribution < -0.4 is 5.32 Å². The highest BCUT2D eigenvalue weighted by Crippen LogP contribution is 2.19. The standard InChI is InChI=1S/C11H21NO2/c1-8(2)7-10(11(13)14)12-9-5-3-4-6-9/h8-10,12H,3-7H2,1-2H3,(H,13,14).